The number of ether oxygens (including phenoxy) is 1. The van der Waals surface area contributed by atoms with Crippen molar-refractivity contribution in [2.45, 2.75) is 64.1 Å². The number of rotatable bonds is 9. The number of aryl methyl sites for hydroxylation is 2. The molecule has 1 aliphatic carbocycles. The van der Waals surface area contributed by atoms with Gasteiger partial charge in [-0.2, -0.15) is 18.3 Å². The fourth-order valence-corrected chi connectivity index (χ4v) is 5.25. The molecule has 7 N–H and O–H groups in total. The van der Waals surface area contributed by atoms with Crippen molar-refractivity contribution in [3.8, 4) is 17.0 Å². The van der Waals surface area contributed by atoms with Gasteiger partial charge in [0.25, 0.3) is 0 Å². The zero-order valence-corrected chi connectivity index (χ0v) is 26.4. The Morgan fingerprint density at radius 1 is 1.11 bits per heavy atom. The van der Waals surface area contributed by atoms with Crippen molar-refractivity contribution in [3.05, 3.63) is 53.7 Å². The molecule has 1 fully saturated rings. The molecule has 0 aliphatic heterocycles. The van der Waals surface area contributed by atoms with Crippen LogP contribution in [0.3, 0.4) is 0 Å². The van der Waals surface area contributed by atoms with Gasteiger partial charge in [0.2, 0.25) is 5.95 Å². The molecule has 11 nitrogen and oxygen atoms in total. The molecule has 14 heteroatoms. The number of alkyl halides is 3. The average molecular weight is 642 g/mol. The maximum Gasteiger partial charge on any atom is 0.420 e. The topological polar surface area (TPSA) is 158 Å². The molecule has 46 heavy (non-hydrogen) atoms. The van der Waals surface area contributed by atoms with E-state index >= 15 is 0 Å². The van der Waals surface area contributed by atoms with Crippen LogP contribution in [-0.2, 0) is 19.6 Å². The Morgan fingerprint density at radius 2 is 1.87 bits per heavy atom. The largest absolute Gasteiger partial charge is 0.493 e. The van der Waals surface area contributed by atoms with Gasteiger partial charge in [-0.1, -0.05) is 26.2 Å². The molecule has 0 spiro atoms. The molecule has 2 aromatic heterocycles. The van der Waals surface area contributed by atoms with E-state index in [9.17, 15) is 18.0 Å². The number of hydrogen-bond donors (Lipinski definition) is 5. The lowest BCUT2D eigenvalue weighted by molar-refractivity contribution is -0.138. The highest BCUT2D eigenvalue weighted by Crippen LogP contribution is 2.38. The van der Waals surface area contributed by atoms with Crippen LogP contribution in [0.15, 0.2) is 42.6 Å². The van der Waals surface area contributed by atoms with Crippen molar-refractivity contribution >= 4 is 34.4 Å². The Hall–Kier alpha value is -4.43. The van der Waals surface area contributed by atoms with E-state index in [4.69, 9.17) is 16.2 Å². The van der Waals surface area contributed by atoms with Crippen molar-refractivity contribution < 1.29 is 22.7 Å². The Morgan fingerprint density at radius 3 is 2.52 bits per heavy atom. The molecule has 0 atom stereocenters. The van der Waals surface area contributed by atoms with Crippen LogP contribution in [0.2, 0.25) is 0 Å². The van der Waals surface area contributed by atoms with Crippen LogP contribution in [0.4, 0.5) is 35.4 Å². The molecule has 1 aliphatic rings. The minimum absolute atomic E-state index is 0.0417. The number of urea groups is 1. The van der Waals surface area contributed by atoms with E-state index < -0.39 is 17.8 Å². The maximum absolute atomic E-state index is 13.6. The van der Waals surface area contributed by atoms with Gasteiger partial charge in [0.05, 0.1) is 23.4 Å². The first kappa shape index (κ1) is 34.4. The number of amides is 2. The van der Waals surface area contributed by atoms with Gasteiger partial charge in [-0.3, -0.25) is 10.00 Å². The standard InChI is InChI=1S/C26H29F3N8O2.C6H13N/c1-4-15-10-16(11-17-14-32-24(30)35-23(15)17)20-13-22(36-37(20)3)34-25(38)33-18-6-7-21(39-9-5-8-31-2)19(12-18)26(27,28)29;7-6-4-2-1-3-5-6/h6-7,10-14,31H,4-5,8-9H2,1-3H3,(H2,30,32,35)(H2,33,34,36,38);6H,1-5,7H2. The normalized spacial score (nSPS) is 13.6. The molecule has 2 amide bonds. The van der Waals surface area contributed by atoms with Crippen LogP contribution < -0.4 is 32.2 Å². The van der Waals surface area contributed by atoms with Crippen molar-refractivity contribution in [2.24, 2.45) is 12.8 Å². The molecular weight excluding hydrogens is 599 g/mol. The van der Waals surface area contributed by atoms with E-state index in [-0.39, 0.29) is 29.8 Å². The first-order valence-corrected chi connectivity index (χ1v) is 15.4. The predicted molar refractivity (Wildman–Crippen MR) is 175 cm³/mol. The summed E-state index contributed by atoms with van der Waals surface area (Å²) in [5.74, 6) is 0.114. The summed E-state index contributed by atoms with van der Waals surface area (Å²) in [4.78, 5) is 21.0. The summed E-state index contributed by atoms with van der Waals surface area (Å²) in [6.07, 6.45) is 4.92. The molecule has 5 rings (SSSR count). The highest BCUT2D eigenvalue weighted by atomic mass is 19.4. The number of nitrogens with two attached hydrogens (primary N) is 2. The third kappa shape index (κ3) is 9.30. The van der Waals surface area contributed by atoms with E-state index in [1.165, 1.54) is 44.2 Å². The van der Waals surface area contributed by atoms with Gasteiger partial charge in [0, 0.05) is 42.0 Å². The van der Waals surface area contributed by atoms with Gasteiger partial charge in [0.1, 0.15) is 5.75 Å². The molecule has 0 bridgehead atoms. The second-order valence-corrected chi connectivity index (χ2v) is 11.2. The molecule has 0 saturated heterocycles. The van der Waals surface area contributed by atoms with E-state index in [1.807, 2.05) is 19.1 Å². The number of nitrogen functional groups attached to an aromatic ring is 1. The number of carbonyl (C=O) groups excluding carboxylic acids is 1. The van der Waals surface area contributed by atoms with Crippen molar-refractivity contribution in [2.75, 3.05) is 36.6 Å². The summed E-state index contributed by atoms with van der Waals surface area (Å²) in [6, 6.07) is 8.71. The first-order chi connectivity index (χ1) is 22.0. The van der Waals surface area contributed by atoms with Crippen molar-refractivity contribution in [1.29, 1.82) is 0 Å². The lowest BCUT2D eigenvalue weighted by Crippen LogP contribution is -2.22. The molecule has 1 saturated carbocycles. The Bertz CT molecular complexity index is 1620. The van der Waals surface area contributed by atoms with E-state index in [0.717, 1.165) is 28.1 Å². The zero-order valence-electron chi connectivity index (χ0n) is 26.4. The number of fused-ring (bicyclic) bond motifs is 1. The van der Waals surface area contributed by atoms with Crippen LogP contribution >= 0.6 is 0 Å². The number of halogens is 3. The Labute approximate surface area is 266 Å². The molecule has 248 valence electrons. The molecule has 4 aromatic rings. The van der Waals surface area contributed by atoms with Gasteiger partial charge in [-0.25, -0.2) is 14.8 Å². The number of benzene rings is 2. The van der Waals surface area contributed by atoms with Crippen LogP contribution in [0.25, 0.3) is 22.2 Å². The number of nitrogens with zero attached hydrogens (tertiary/aromatic N) is 4. The summed E-state index contributed by atoms with van der Waals surface area (Å²) in [6.45, 7) is 2.74. The van der Waals surface area contributed by atoms with E-state index in [1.54, 1.807) is 31.0 Å². The summed E-state index contributed by atoms with van der Waals surface area (Å²) in [7, 11) is 3.47. The second kappa shape index (κ2) is 15.7. The quantitative estimate of drug-likeness (QED) is 0.137. The Balaban J connectivity index is 0.000000606. The zero-order chi connectivity index (χ0) is 33.3. The summed E-state index contributed by atoms with van der Waals surface area (Å²) in [5, 5.41) is 13.0. The minimum atomic E-state index is -4.66. The van der Waals surface area contributed by atoms with Crippen LogP contribution in [0, 0.1) is 0 Å². The SMILES string of the molecule is CCc1cc(-c2cc(NC(=O)Nc3ccc(OCCCNC)c(C(F)(F)F)c3)nn2C)cc2cnc(N)nc12.NC1CCCCC1. The molecule has 0 radical (unpaired) electrons. The van der Waals surface area contributed by atoms with Gasteiger partial charge in [-0.05, 0) is 75.2 Å². The average Bonchev–Trinajstić information content (AvgIpc) is 3.38. The van der Waals surface area contributed by atoms with Crippen LogP contribution in [0.1, 0.15) is 56.6 Å². The van der Waals surface area contributed by atoms with Crippen molar-refractivity contribution in [3.63, 3.8) is 0 Å². The monoisotopic (exact) mass is 641 g/mol. The lowest BCUT2D eigenvalue weighted by Gasteiger charge is -2.16. The number of nitrogens with one attached hydrogen (secondary N) is 3. The summed E-state index contributed by atoms with van der Waals surface area (Å²) >= 11 is 0. The summed E-state index contributed by atoms with van der Waals surface area (Å²) < 4.78 is 47.8. The number of aromatic nitrogens is 4. The van der Waals surface area contributed by atoms with Crippen LogP contribution in [-0.4, -0.2) is 52.0 Å². The van der Waals surface area contributed by atoms with Gasteiger partial charge < -0.3 is 26.8 Å². The molecule has 0 unspecified atom stereocenters. The minimum Gasteiger partial charge on any atom is -0.493 e. The fraction of sp³-hybridized carbons (Fsp3) is 0.438. The van der Waals surface area contributed by atoms with E-state index in [0.29, 0.717) is 31.1 Å². The highest BCUT2D eigenvalue weighted by molar-refractivity contribution is 5.99. The number of hydrogen-bond acceptors (Lipinski definition) is 8. The third-order valence-electron chi connectivity index (χ3n) is 7.60. The smallest absolute Gasteiger partial charge is 0.420 e. The first-order valence-electron chi connectivity index (χ1n) is 15.4. The third-order valence-corrected chi connectivity index (χ3v) is 7.60. The molecule has 2 aromatic carbocycles. The Kier molecular flexibility index (Phi) is 11.8. The maximum atomic E-state index is 13.6. The highest BCUT2D eigenvalue weighted by Gasteiger charge is 2.35. The number of anilines is 3. The molecule has 2 heterocycles. The second-order valence-electron chi connectivity index (χ2n) is 11.2. The van der Waals surface area contributed by atoms with Crippen LogP contribution in [0.5, 0.6) is 5.75 Å². The predicted octanol–water partition coefficient (Wildman–Crippen LogP) is 6.10. The number of carbonyl (C=O) groups is 1. The van der Waals surface area contributed by atoms with E-state index in [2.05, 4.69) is 31.0 Å². The van der Waals surface area contributed by atoms with Gasteiger partial charge >= 0.3 is 12.2 Å². The molecular formula is C32H42F3N9O2. The van der Waals surface area contributed by atoms with Crippen molar-refractivity contribution in [1.82, 2.24) is 25.1 Å². The lowest BCUT2D eigenvalue weighted by atomic mass is 9.97. The van der Waals surface area contributed by atoms with Gasteiger partial charge in [-0.15, -0.1) is 0 Å². The van der Waals surface area contributed by atoms with Gasteiger partial charge in [0.15, 0.2) is 5.82 Å². The fourth-order valence-electron chi connectivity index (χ4n) is 5.25. The summed E-state index contributed by atoms with van der Waals surface area (Å²) in [5.41, 5.74) is 13.6.